The Morgan fingerprint density at radius 1 is 1.35 bits per heavy atom. The number of aliphatic hydroxyl groups excluding tert-OH is 1. The molecule has 1 heterocycles. The van der Waals surface area contributed by atoms with Crippen LogP contribution in [0.2, 0.25) is 0 Å². The van der Waals surface area contributed by atoms with Gasteiger partial charge < -0.3 is 14.9 Å². The highest BCUT2D eigenvalue weighted by molar-refractivity contribution is 5.76. The topological polar surface area (TPSA) is 43.8 Å². The fraction of sp³-hybridized carbons (Fsp3) is 0.400. The lowest BCUT2D eigenvalue weighted by molar-refractivity contribution is 0.197. The highest BCUT2D eigenvalue weighted by Gasteiger charge is 2.25. The average molecular weight is 276 g/mol. The van der Waals surface area contributed by atoms with Crippen LogP contribution in [0.5, 0.6) is 0 Å². The lowest BCUT2D eigenvalue weighted by Crippen LogP contribution is -2.28. The van der Waals surface area contributed by atoms with Gasteiger partial charge in [0.05, 0.1) is 6.61 Å². The third-order valence-corrected chi connectivity index (χ3v) is 3.10. The minimum absolute atomic E-state index is 0.0101. The highest BCUT2D eigenvalue weighted by Crippen LogP contribution is 2.14. The third-order valence-electron chi connectivity index (χ3n) is 3.10. The summed E-state index contributed by atoms with van der Waals surface area (Å²) in [6.07, 6.45) is 0.362. The molecule has 5 heteroatoms. The molecule has 1 aliphatic heterocycles. The number of aliphatic hydroxyl groups is 1. The zero-order chi connectivity index (χ0) is 14.5. The van der Waals surface area contributed by atoms with Gasteiger partial charge in [0, 0.05) is 38.7 Å². The largest absolute Gasteiger partial charge is 0.395 e. The van der Waals surface area contributed by atoms with Gasteiger partial charge in [-0.05, 0) is 23.8 Å². The first-order chi connectivity index (χ1) is 9.60. The number of carbonyl (C=O) groups is 1. The zero-order valence-corrected chi connectivity index (χ0v) is 11.4. The lowest BCUT2D eigenvalue weighted by atomic mass is 10.1. The van der Waals surface area contributed by atoms with E-state index in [1.807, 2.05) is 0 Å². The number of amides is 2. The van der Waals surface area contributed by atoms with Gasteiger partial charge in [0.1, 0.15) is 5.82 Å². The molecule has 0 unspecified atom stereocenters. The van der Waals surface area contributed by atoms with E-state index in [9.17, 15) is 9.18 Å². The first kappa shape index (κ1) is 14.4. The molecule has 0 atom stereocenters. The van der Waals surface area contributed by atoms with Gasteiger partial charge in [-0.1, -0.05) is 11.8 Å². The van der Waals surface area contributed by atoms with E-state index < -0.39 is 0 Å². The molecule has 0 aromatic heterocycles. The van der Waals surface area contributed by atoms with Crippen molar-refractivity contribution in [3.8, 4) is 11.8 Å². The van der Waals surface area contributed by atoms with Crippen LogP contribution in [0.4, 0.5) is 9.18 Å². The van der Waals surface area contributed by atoms with Crippen LogP contribution in [0.1, 0.15) is 17.5 Å². The van der Waals surface area contributed by atoms with Crippen LogP contribution in [0.15, 0.2) is 18.2 Å². The van der Waals surface area contributed by atoms with Crippen molar-refractivity contribution >= 4 is 6.03 Å². The normalized spacial score (nSPS) is 14.4. The average Bonchev–Trinajstić information content (AvgIpc) is 2.71. The number of hydrogen-bond donors (Lipinski definition) is 1. The van der Waals surface area contributed by atoms with Crippen molar-refractivity contribution in [1.29, 1.82) is 0 Å². The van der Waals surface area contributed by atoms with E-state index in [1.165, 1.54) is 12.1 Å². The molecule has 20 heavy (non-hydrogen) atoms. The molecule has 0 aliphatic carbocycles. The number of likely N-dealkylation sites (N-methyl/N-ethyl adjacent to an activating group) is 1. The fourth-order valence-corrected chi connectivity index (χ4v) is 2.10. The number of benzene rings is 1. The van der Waals surface area contributed by atoms with Gasteiger partial charge in [-0.15, -0.1) is 0 Å². The molecule has 0 bridgehead atoms. The summed E-state index contributed by atoms with van der Waals surface area (Å²) in [6, 6.07) is 4.51. The van der Waals surface area contributed by atoms with Crippen LogP contribution in [0.3, 0.4) is 0 Å². The van der Waals surface area contributed by atoms with Crippen LogP contribution < -0.4 is 0 Å². The molecule has 2 amide bonds. The van der Waals surface area contributed by atoms with Crippen molar-refractivity contribution in [2.24, 2.45) is 0 Å². The maximum Gasteiger partial charge on any atom is 0.320 e. The van der Waals surface area contributed by atoms with E-state index in [0.29, 0.717) is 31.6 Å². The summed E-state index contributed by atoms with van der Waals surface area (Å²) in [5, 5.41) is 8.67. The Hall–Kier alpha value is -2.06. The molecule has 4 nitrogen and oxygen atoms in total. The second kappa shape index (κ2) is 6.40. The summed E-state index contributed by atoms with van der Waals surface area (Å²) in [4.78, 5) is 15.1. The number of urea groups is 1. The van der Waals surface area contributed by atoms with E-state index in [-0.39, 0.29) is 18.5 Å². The van der Waals surface area contributed by atoms with Gasteiger partial charge in [-0.2, -0.15) is 0 Å². The third kappa shape index (κ3) is 3.49. The number of rotatable bonds is 3. The van der Waals surface area contributed by atoms with Crippen molar-refractivity contribution in [3.05, 3.63) is 35.1 Å². The van der Waals surface area contributed by atoms with Crippen molar-refractivity contribution in [2.45, 2.75) is 13.0 Å². The van der Waals surface area contributed by atoms with E-state index in [1.54, 1.807) is 22.9 Å². The highest BCUT2D eigenvalue weighted by atomic mass is 19.1. The molecule has 0 spiro atoms. The van der Waals surface area contributed by atoms with Crippen LogP contribution in [0.25, 0.3) is 0 Å². The van der Waals surface area contributed by atoms with Gasteiger partial charge in [-0.25, -0.2) is 9.18 Å². The Morgan fingerprint density at radius 2 is 2.15 bits per heavy atom. The fourth-order valence-electron chi connectivity index (χ4n) is 2.10. The molecular weight excluding hydrogens is 259 g/mol. The molecule has 1 aromatic rings. The summed E-state index contributed by atoms with van der Waals surface area (Å²) in [7, 11) is 1.75. The first-order valence-electron chi connectivity index (χ1n) is 6.49. The van der Waals surface area contributed by atoms with Crippen LogP contribution in [-0.2, 0) is 6.54 Å². The predicted molar refractivity (Wildman–Crippen MR) is 73.4 cm³/mol. The Kier molecular flexibility index (Phi) is 4.59. The van der Waals surface area contributed by atoms with Gasteiger partial charge in [0.2, 0.25) is 0 Å². The second-order valence-electron chi connectivity index (χ2n) is 4.75. The summed E-state index contributed by atoms with van der Waals surface area (Å²) < 4.78 is 13.6. The Labute approximate surface area is 117 Å². The van der Waals surface area contributed by atoms with Gasteiger partial charge in [0.25, 0.3) is 0 Å². The monoisotopic (exact) mass is 276 g/mol. The van der Waals surface area contributed by atoms with Crippen molar-refractivity contribution in [1.82, 2.24) is 9.80 Å². The summed E-state index contributed by atoms with van der Waals surface area (Å²) in [5.41, 5.74) is 1.29. The molecular formula is C15H17FN2O2. The molecule has 106 valence electrons. The number of nitrogens with zero attached hydrogens (tertiary/aromatic N) is 2. The molecule has 1 fully saturated rings. The quantitative estimate of drug-likeness (QED) is 0.849. The standard InChI is InChI=1S/C15H17FN2O2/c1-17-5-6-18(15(17)20)11-13-8-12(4-2-3-7-19)9-14(16)10-13/h8-10,19H,3,5-7,11H2,1H3. The molecule has 1 aliphatic rings. The van der Waals surface area contributed by atoms with Gasteiger partial charge in [-0.3, -0.25) is 0 Å². The van der Waals surface area contributed by atoms with Crippen molar-refractivity contribution < 1.29 is 14.3 Å². The maximum absolute atomic E-state index is 13.6. The predicted octanol–water partition coefficient (Wildman–Crippen LogP) is 1.43. The van der Waals surface area contributed by atoms with Crippen molar-refractivity contribution in [3.63, 3.8) is 0 Å². The van der Waals surface area contributed by atoms with E-state index in [4.69, 9.17) is 5.11 Å². The zero-order valence-electron chi connectivity index (χ0n) is 11.4. The first-order valence-corrected chi connectivity index (χ1v) is 6.49. The van der Waals surface area contributed by atoms with E-state index in [2.05, 4.69) is 11.8 Å². The number of hydrogen-bond acceptors (Lipinski definition) is 2. The number of halogens is 1. The Bertz CT molecular complexity index is 563. The smallest absolute Gasteiger partial charge is 0.320 e. The molecule has 0 saturated carbocycles. The minimum Gasteiger partial charge on any atom is -0.395 e. The summed E-state index contributed by atoms with van der Waals surface area (Å²) in [5.74, 6) is 5.20. The molecule has 2 rings (SSSR count). The maximum atomic E-state index is 13.6. The van der Waals surface area contributed by atoms with Gasteiger partial charge >= 0.3 is 6.03 Å². The summed E-state index contributed by atoms with van der Waals surface area (Å²) in [6.45, 7) is 1.72. The van der Waals surface area contributed by atoms with Crippen LogP contribution in [-0.4, -0.2) is 47.7 Å². The second-order valence-corrected chi connectivity index (χ2v) is 4.75. The number of carbonyl (C=O) groups excluding carboxylic acids is 1. The van der Waals surface area contributed by atoms with E-state index >= 15 is 0 Å². The Morgan fingerprint density at radius 3 is 2.80 bits per heavy atom. The SMILES string of the molecule is CN1CCN(Cc2cc(F)cc(C#CCCO)c2)C1=O. The van der Waals surface area contributed by atoms with E-state index in [0.717, 1.165) is 5.56 Å². The van der Waals surface area contributed by atoms with Gasteiger partial charge in [0.15, 0.2) is 0 Å². The summed E-state index contributed by atoms with van der Waals surface area (Å²) >= 11 is 0. The minimum atomic E-state index is -0.365. The van der Waals surface area contributed by atoms with Crippen LogP contribution >= 0.6 is 0 Å². The van der Waals surface area contributed by atoms with Crippen LogP contribution in [0, 0.1) is 17.7 Å². The molecule has 0 radical (unpaired) electrons. The Balaban J connectivity index is 2.12. The molecule has 1 N–H and O–H groups in total. The molecule has 1 saturated heterocycles. The van der Waals surface area contributed by atoms with Crippen molar-refractivity contribution in [2.75, 3.05) is 26.7 Å². The lowest BCUT2D eigenvalue weighted by Gasteiger charge is -2.16. The molecule has 1 aromatic carbocycles.